The van der Waals surface area contributed by atoms with Crippen LogP contribution in [-0.2, 0) is 6.54 Å². The van der Waals surface area contributed by atoms with E-state index in [0.717, 1.165) is 22.9 Å². The molecule has 0 fully saturated rings. The zero-order valence-electron chi connectivity index (χ0n) is 16.3. The van der Waals surface area contributed by atoms with Crippen LogP contribution in [-0.4, -0.2) is 53.3 Å². The molecule has 9 heteroatoms. The lowest BCUT2D eigenvalue weighted by atomic mass is 10.1. The number of ether oxygens (including phenoxy) is 1. The average molecular weight is 510 g/mol. The molecule has 29 heavy (non-hydrogen) atoms. The van der Waals surface area contributed by atoms with Crippen LogP contribution in [0.2, 0.25) is 0 Å². The molecule has 1 heterocycles. The van der Waals surface area contributed by atoms with Crippen molar-refractivity contribution in [2.45, 2.75) is 6.54 Å². The second kappa shape index (κ2) is 11.3. The smallest absolute Gasteiger partial charge is 0.193 e. The highest BCUT2D eigenvalue weighted by Crippen LogP contribution is 2.15. The van der Waals surface area contributed by atoms with Crippen molar-refractivity contribution in [3.63, 3.8) is 0 Å². The van der Waals surface area contributed by atoms with Crippen molar-refractivity contribution >= 4 is 29.9 Å². The normalized spacial score (nSPS) is 10.9. The molecule has 2 N–H and O–H groups in total. The second-order valence-electron chi connectivity index (χ2n) is 6.16. The molecule has 2 aromatic carbocycles. The van der Waals surface area contributed by atoms with E-state index < -0.39 is 0 Å². The van der Waals surface area contributed by atoms with Crippen molar-refractivity contribution in [2.75, 3.05) is 27.2 Å². The van der Waals surface area contributed by atoms with Crippen LogP contribution >= 0.6 is 24.0 Å². The Morgan fingerprint density at radius 1 is 1.24 bits per heavy atom. The minimum absolute atomic E-state index is 0. The molecule has 0 radical (unpaired) electrons. The predicted molar refractivity (Wildman–Crippen MR) is 122 cm³/mol. The molecule has 0 bridgehead atoms. The van der Waals surface area contributed by atoms with Crippen molar-refractivity contribution in [2.24, 2.45) is 4.99 Å². The number of rotatable bonds is 7. The van der Waals surface area contributed by atoms with Gasteiger partial charge in [0, 0.05) is 26.2 Å². The summed E-state index contributed by atoms with van der Waals surface area (Å²) in [6.07, 6.45) is 1.49. The minimum Gasteiger partial charge on any atom is -0.492 e. The molecule has 3 aromatic rings. The Balaban J connectivity index is 0.00000300. The fourth-order valence-corrected chi connectivity index (χ4v) is 2.68. The quantitative estimate of drug-likeness (QED) is 0.290. The van der Waals surface area contributed by atoms with E-state index in [1.165, 1.54) is 18.5 Å². The maximum absolute atomic E-state index is 12.9. The van der Waals surface area contributed by atoms with E-state index in [2.05, 4.69) is 31.6 Å². The van der Waals surface area contributed by atoms with Gasteiger partial charge in [0.05, 0.1) is 6.54 Å². The SMILES string of the molecule is CN=C(NCc1cccc(-c2ncn[nH]2)c1)N(C)CCOc1ccc(F)cc1.I. The van der Waals surface area contributed by atoms with Gasteiger partial charge >= 0.3 is 0 Å². The number of H-pyrrole nitrogens is 1. The summed E-state index contributed by atoms with van der Waals surface area (Å²) in [5, 5.41) is 10.1. The molecule has 154 valence electrons. The Morgan fingerprint density at radius 2 is 2.03 bits per heavy atom. The molecule has 0 atom stereocenters. The first-order valence-corrected chi connectivity index (χ1v) is 8.90. The van der Waals surface area contributed by atoms with E-state index >= 15 is 0 Å². The molecule has 0 saturated heterocycles. The number of hydrogen-bond donors (Lipinski definition) is 2. The van der Waals surface area contributed by atoms with Gasteiger partial charge in [-0.15, -0.1) is 24.0 Å². The van der Waals surface area contributed by atoms with Gasteiger partial charge in [-0.25, -0.2) is 9.37 Å². The number of likely N-dealkylation sites (N-methyl/N-ethyl adjacent to an activating group) is 1. The molecule has 0 saturated carbocycles. The Hall–Kier alpha value is -2.69. The predicted octanol–water partition coefficient (Wildman–Crippen LogP) is 3.32. The number of aliphatic imine (C=N–C) groups is 1. The van der Waals surface area contributed by atoms with Crippen LogP contribution in [0.3, 0.4) is 0 Å². The zero-order chi connectivity index (χ0) is 19.8. The van der Waals surface area contributed by atoms with Gasteiger partial charge in [-0.2, -0.15) is 5.10 Å². The third kappa shape index (κ3) is 6.70. The molecular formula is C20H24FIN6O. The largest absolute Gasteiger partial charge is 0.492 e. The molecule has 0 aliphatic rings. The van der Waals surface area contributed by atoms with Crippen molar-refractivity contribution in [3.8, 4) is 17.1 Å². The number of nitrogens with one attached hydrogen (secondary N) is 2. The standard InChI is InChI=1S/C20H23FN6O.HI/c1-22-20(27(2)10-11-28-18-8-6-17(21)7-9-18)23-13-15-4-3-5-16(12-15)19-24-14-25-26-19;/h3-9,12,14H,10-11,13H2,1-2H3,(H,22,23)(H,24,25,26);1H. The van der Waals surface area contributed by atoms with Gasteiger partial charge in [0.1, 0.15) is 24.5 Å². The summed E-state index contributed by atoms with van der Waals surface area (Å²) < 4.78 is 18.6. The van der Waals surface area contributed by atoms with Gasteiger partial charge in [0.2, 0.25) is 0 Å². The van der Waals surface area contributed by atoms with E-state index in [0.29, 0.717) is 25.4 Å². The van der Waals surface area contributed by atoms with Crippen LogP contribution in [0.5, 0.6) is 5.75 Å². The van der Waals surface area contributed by atoms with E-state index in [9.17, 15) is 4.39 Å². The number of aromatic amines is 1. The summed E-state index contributed by atoms with van der Waals surface area (Å²) in [6.45, 7) is 1.72. The molecule has 0 unspecified atom stereocenters. The molecular weight excluding hydrogens is 486 g/mol. The molecule has 0 spiro atoms. The van der Waals surface area contributed by atoms with Crippen molar-refractivity contribution in [1.82, 2.24) is 25.4 Å². The van der Waals surface area contributed by atoms with Crippen LogP contribution in [0, 0.1) is 5.82 Å². The fraction of sp³-hybridized carbons (Fsp3) is 0.250. The van der Waals surface area contributed by atoms with E-state index in [-0.39, 0.29) is 29.8 Å². The Labute approximate surface area is 186 Å². The first-order valence-electron chi connectivity index (χ1n) is 8.90. The number of nitrogens with zero attached hydrogens (tertiary/aromatic N) is 4. The highest BCUT2D eigenvalue weighted by molar-refractivity contribution is 14.0. The van der Waals surface area contributed by atoms with Gasteiger partial charge in [0.25, 0.3) is 0 Å². The number of aromatic nitrogens is 3. The summed E-state index contributed by atoms with van der Waals surface area (Å²) in [4.78, 5) is 10.5. The lowest BCUT2D eigenvalue weighted by Crippen LogP contribution is -2.40. The fourth-order valence-electron chi connectivity index (χ4n) is 2.68. The van der Waals surface area contributed by atoms with E-state index in [1.54, 1.807) is 19.2 Å². The third-order valence-electron chi connectivity index (χ3n) is 4.15. The number of hydrogen-bond acceptors (Lipinski definition) is 4. The molecule has 0 amide bonds. The summed E-state index contributed by atoms with van der Waals surface area (Å²) >= 11 is 0. The monoisotopic (exact) mass is 510 g/mol. The van der Waals surface area contributed by atoms with E-state index in [4.69, 9.17) is 4.74 Å². The van der Waals surface area contributed by atoms with Crippen LogP contribution in [0.4, 0.5) is 4.39 Å². The van der Waals surface area contributed by atoms with Gasteiger partial charge < -0.3 is 15.0 Å². The Morgan fingerprint density at radius 3 is 2.72 bits per heavy atom. The van der Waals surface area contributed by atoms with Gasteiger partial charge in [-0.3, -0.25) is 10.1 Å². The van der Waals surface area contributed by atoms with Crippen molar-refractivity contribution in [1.29, 1.82) is 0 Å². The molecule has 0 aliphatic carbocycles. The maximum Gasteiger partial charge on any atom is 0.193 e. The second-order valence-corrected chi connectivity index (χ2v) is 6.16. The van der Waals surface area contributed by atoms with Crippen LogP contribution < -0.4 is 10.1 Å². The summed E-state index contributed by atoms with van der Waals surface area (Å²) in [6, 6.07) is 14.1. The van der Waals surface area contributed by atoms with Crippen molar-refractivity contribution < 1.29 is 9.13 Å². The first kappa shape index (κ1) is 22.6. The third-order valence-corrected chi connectivity index (χ3v) is 4.15. The summed E-state index contributed by atoms with van der Waals surface area (Å²) in [5.74, 6) is 1.86. The van der Waals surface area contributed by atoms with Gasteiger partial charge in [-0.05, 0) is 35.9 Å². The number of benzene rings is 2. The summed E-state index contributed by atoms with van der Waals surface area (Å²) in [5.41, 5.74) is 2.08. The lowest BCUT2D eigenvalue weighted by Gasteiger charge is -2.22. The molecule has 7 nitrogen and oxygen atoms in total. The highest BCUT2D eigenvalue weighted by atomic mass is 127. The molecule has 3 rings (SSSR count). The van der Waals surface area contributed by atoms with Crippen LogP contribution in [0.25, 0.3) is 11.4 Å². The van der Waals surface area contributed by atoms with Gasteiger partial charge in [0.15, 0.2) is 11.8 Å². The highest BCUT2D eigenvalue weighted by Gasteiger charge is 2.07. The van der Waals surface area contributed by atoms with Gasteiger partial charge in [-0.1, -0.05) is 18.2 Å². The maximum atomic E-state index is 12.9. The Bertz CT molecular complexity index is 902. The lowest BCUT2D eigenvalue weighted by molar-refractivity contribution is 0.281. The van der Waals surface area contributed by atoms with E-state index in [1.807, 2.05) is 30.1 Å². The van der Waals surface area contributed by atoms with Crippen LogP contribution in [0.1, 0.15) is 5.56 Å². The topological polar surface area (TPSA) is 78.4 Å². The average Bonchev–Trinajstić information content (AvgIpc) is 3.25. The number of guanidine groups is 1. The van der Waals surface area contributed by atoms with Crippen LogP contribution in [0.15, 0.2) is 59.9 Å². The Kier molecular flexibility index (Phi) is 8.84. The van der Waals surface area contributed by atoms with Crippen molar-refractivity contribution in [3.05, 3.63) is 66.2 Å². The molecule has 0 aliphatic heterocycles. The zero-order valence-corrected chi connectivity index (χ0v) is 18.6. The summed E-state index contributed by atoms with van der Waals surface area (Å²) in [7, 11) is 3.68. The number of halogens is 2. The minimum atomic E-state index is -0.276. The molecule has 1 aromatic heterocycles. The first-order chi connectivity index (χ1) is 13.7.